The molecule has 2 aromatic rings. The predicted octanol–water partition coefficient (Wildman–Crippen LogP) is 3.39. The van der Waals surface area contributed by atoms with Gasteiger partial charge in [0.1, 0.15) is 0 Å². The molecular formula is C22H26F2N2O2S. The first-order valence-corrected chi connectivity index (χ1v) is 11.7. The highest BCUT2D eigenvalue weighted by Crippen LogP contribution is 2.35. The molecule has 1 saturated carbocycles. The zero-order chi connectivity index (χ0) is 20.6. The van der Waals surface area contributed by atoms with Crippen LogP contribution < -0.4 is 10.5 Å². The van der Waals surface area contributed by atoms with Gasteiger partial charge in [0.05, 0.1) is 5.75 Å². The Morgan fingerprint density at radius 3 is 2.48 bits per heavy atom. The van der Waals surface area contributed by atoms with Crippen molar-refractivity contribution in [3.63, 3.8) is 0 Å². The minimum Gasteiger partial charge on any atom is -0.327 e. The van der Waals surface area contributed by atoms with Gasteiger partial charge in [0.25, 0.3) is 0 Å². The molecule has 0 aliphatic heterocycles. The number of fused-ring (bicyclic) bond motifs is 1. The van der Waals surface area contributed by atoms with Crippen molar-refractivity contribution in [2.24, 2.45) is 11.7 Å². The molecule has 29 heavy (non-hydrogen) atoms. The summed E-state index contributed by atoms with van der Waals surface area (Å²) in [6, 6.07) is 9.87. The summed E-state index contributed by atoms with van der Waals surface area (Å²) < 4.78 is 53.9. The smallest absolute Gasteiger partial charge is 0.212 e. The zero-order valence-electron chi connectivity index (χ0n) is 16.2. The molecule has 0 amide bonds. The molecule has 2 aromatic carbocycles. The van der Waals surface area contributed by atoms with Crippen LogP contribution >= 0.6 is 0 Å². The molecule has 156 valence electrons. The summed E-state index contributed by atoms with van der Waals surface area (Å²) in [6.45, 7) is 0.246. The van der Waals surface area contributed by atoms with E-state index in [4.69, 9.17) is 5.73 Å². The van der Waals surface area contributed by atoms with Crippen molar-refractivity contribution in [3.8, 4) is 0 Å². The Morgan fingerprint density at radius 2 is 1.76 bits per heavy atom. The van der Waals surface area contributed by atoms with Crippen LogP contribution in [0.5, 0.6) is 0 Å². The Hall–Kier alpha value is -1.83. The van der Waals surface area contributed by atoms with Crippen LogP contribution in [0, 0.1) is 17.6 Å². The maximum absolute atomic E-state index is 13.6. The molecule has 4 rings (SSSR count). The normalized spacial score (nSPS) is 21.8. The van der Waals surface area contributed by atoms with Gasteiger partial charge in [-0.1, -0.05) is 24.3 Å². The van der Waals surface area contributed by atoms with Crippen LogP contribution in [0.15, 0.2) is 36.4 Å². The number of aryl methyl sites for hydroxylation is 1. The van der Waals surface area contributed by atoms with E-state index in [0.717, 1.165) is 42.9 Å². The lowest BCUT2D eigenvalue weighted by molar-refractivity contribution is 0.463. The first-order valence-electron chi connectivity index (χ1n) is 10.1. The average molecular weight is 421 g/mol. The largest absolute Gasteiger partial charge is 0.327 e. The Bertz CT molecular complexity index is 1010. The van der Waals surface area contributed by atoms with E-state index in [1.165, 1.54) is 11.6 Å². The fourth-order valence-corrected chi connectivity index (χ4v) is 5.57. The Morgan fingerprint density at radius 1 is 1.00 bits per heavy atom. The molecule has 2 unspecified atom stereocenters. The van der Waals surface area contributed by atoms with Crippen molar-refractivity contribution in [3.05, 3.63) is 70.3 Å². The highest BCUT2D eigenvalue weighted by atomic mass is 32.2. The highest BCUT2D eigenvalue weighted by molar-refractivity contribution is 7.89. The fraction of sp³-hybridized carbons (Fsp3) is 0.455. The quantitative estimate of drug-likeness (QED) is 0.721. The van der Waals surface area contributed by atoms with Gasteiger partial charge in [0, 0.05) is 18.5 Å². The number of benzene rings is 2. The first kappa shape index (κ1) is 20.4. The molecule has 0 heterocycles. The number of hydrogen-bond acceptors (Lipinski definition) is 3. The monoisotopic (exact) mass is 420 g/mol. The van der Waals surface area contributed by atoms with Gasteiger partial charge < -0.3 is 5.73 Å². The van der Waals surface area contributed by atoms with Gasteiger partial charge in [-0.2, -0.15) is 0 Å². The number of hydrogen-bond donors (Lipinski definition) is 2. The molecule has 0 bridgehead atoms. The molecule has 7 heteroatoms. The Balaban J connectivity index is 1.53. The third kappa shape index (κ3) is 5.02. The summed E-state index contributed by atoms with van der Waals surface area (Å²) in [5.41, 5.74) is 10.2. The molecule has 1 fully saturated rings. The van der Waals surface area contributed by atoms with Crippen LogP contribution in [-0.2, 0) is 29.4 Å². The van der Waals surface area contributed by atoms with Gasteiger partial charge in [-0.3, -0.25) is 0 Å². The van der Waals surface area contributed by atoms with Crippen LogP contribution in [-0.4, -0.2) is 20.2 Å². The van der Waals surface area contributed by atoms with Crippen molar-refractivity contribution in [1.82, 2.24) is 4.72 Å². The third-order valence-corrected chi connectivity index (χ3v) is 7.46. The molecular weight excluding hydrogens is 394 g/mol. The van der Waals surface area contributed by atoms with Crippen LogP contribution in [0.3, 0.4) is 0 Å². The van der Waals surface area contributed by atoms with E-state index in [2.05, 4.69) is 4.72 Å². The summed E-state index contributed by atoms with van der Waals surface area (Å²) in [5, 5.41) is 0. The highest BCUT2D eigenvalue weighted by Gasteiger charge is 2.29. The zero-order valence-corrected chi connectivity index (χ0v) is 17.0. The average Bonchev–Trinajstić information content (AvgIpc) is 3.48. The second-order valence-electron chi connectivity index (χ2n) is 8.34. The predicted molar refractivity (Wildman–Crippen MR) is 109 cm³/mol. The van der Waals surface area contributed by atoms with E-state index < -0.39 is 21.7 Å². The van der Waals surface area contributed by atoms with Crippen LogP contribution in [0.1, 0.15) is 47.4 Å². The lowest BCUT2D eigenvalue weighted by Crippen LogP contribution is -2.34. The number of nitrogens with one attached hydrogen (secondary N) is 1. The second-order valence-corrected chi connectivity index (χ2v) is 10.2. The lowest BCUT2D eigenvalue weighted by Gasteiger charge is -2.32. The van der Waals surface area contributed by atoms with Crippen LogP contribution in [0.2, 0.25) is 0 Å². The van der Waals surface area contributed by atoms with E-state index in [1.807, 2.05) is 18.2 Å². The molecule has 4 nitrogen and oxygen atoms in total. The van der Waals surface area contributed by atoms with E-state index >= 15 is 0 Å². The summed E-state index contributed by atoms with van der Waals surface area (Å²) >= 11 is 0. The van der Waals surface area contributed by atoms with Gasteiger partial charge in [0.2, 0.25) is 10.0 Å². The number of rotatable bonds is 7. The van der Waals surface area contributed by atoms with E-state index in [0.29, 0.717) is 17.9 Å². The van der Waals surface area contributed by atoms with E-state index in [-0.39, 0.29) is 24.3 Å². The van der Waals surface area contributed by atoms with Gasteiger partial charge in [0.15, 0.2) is 11.6 Å². The maximum Gasteiger partial charge on any atom is 0.212 e. The fourth-order valence-electron chi connectivity index (χ4n) is 4.11. The van der Waals surface area contributed by atoms with Gasteiger partial charge in [-0.05, 0) is 72.4 Å². The van der Waals surface area contributed by atoms with Crippen molar-refractivity contribution in [1.29, 1.82) is 0 Å². The summed E-state index contributed by atoms with van der Waals surface area (Å²) in [6.07, 6.45) is 4.18. The van der Waals surface area contributed by atoms with Crippen molar-refractivity contribution in [2.75, 3.05) is 5.75 Å². The third-order valence-electron chi connectivity index (χ3n) is 5.96. The summed E-state index contributed by atoms with van der Waals surface area (Å²) in [4.78, 5) is 0. The lowest BCUT2D eigenvalue weighted by atomic mass is 9.76. The maximum atomic E-state index is 13.6. The number of nitrogens with two attached hydrogens (primary N) is 1. The Kier molecular flexibility index (Phi) is 5.73. The molecule has 0 saturated heterocycles. The topological polar surface area (TPSA) is 72.2 Å². The SMILES string of the molecule is NC1CCc2ccc(CNS(=O)(=O)CC3CC3)cc2C1Cc1ccc(F)c(F)c1. The summed E-state index contributed by atoms with van der Waals surface area (Å²) in [5.74, 6) is -1.24. The number of halogens is 2. The number of sulfonamides is 1. The molecule has 2 atom stereocenters. The van der Waals surface area contributed by atoms with Crippen LogP contribution in [0.25, 0.3) is 0 Å². The van der Waals surface area contributed by atoms with Crippen molar-refractivity contribution >= 4 is 10.0 Å². The molecule has 3 N–H and O–H groups in total. The molecule has 2 aliphatic carbocycles. The minimum atomic E-state index is -3.27. The molecule has 0 radical (unpaired) electrons. The molecule has 2 aliphatic rings. The van der Waals surface area contributed by atoms with E-state index in [1.54, 1.807) is 6.07 Å². The van der Waals surface area contributed by atoms with Crippen molar-refractivity contribution in [2.45, 2.75) is 50.6 Å². The van der Waals surface area contributed by atoms with Crippen molar-refractivity contribution < 1.29 is 17.2 Å². The van der Waals surface area contributed by atoms with Crippen LogP contribution in [0.4, 0.5) is 8.78 Å². The van der Waals surface area contributed by atoms with Gasteiger partial charge in [-0.25, -0.2) is 21.9 Å². The summed E-state index contributed by atoms with van der Waals surface area (Å²) in [7, 11) is -3.27. The Labute approximate surface area is 170 Å². The van der Waals surface area contributed by atoms with Gasteiger partial charge in [-0.15, -0.1) is 0 Å². The molecule has 0 spiro atoms. The standard InChI is InChI=1S/C22H26F2N2O2S/c23-20-7-4-15(11-21(20)24)9-19-18-10-16(3-5-17(18)6-8-22(19)25)12-26-29(27,28)13-14-1-2-14/h3-5,7,10-11,14,19,22,26H,1-2,6,8-9,12-13,25H2. The first-order chi connectivity index (χ1) is 13.8. The molecule has 0 aromatic heterocycles. The minimum absolute atomic E-state index is 0.0216. The second kappa shape index (κ2) is 8.13. The van der Waals surface area contributed by atoms with Gasteiger partial charge >= 0.3 is 0 Å². The van der Waals surface area contributed by atoms with E-state index in [9.17, 15) is 17.2 Å².